The van der Waals surface area contributed by atoms with E-state index in [0.717, 1.165) is 25.9 Å². The Morgan fingerprint density at radius 1 is 1.07 bits per heavy atom. The fourth-order valence-electron chi connectivity index (χ4n) is 5.35. The summed E-state index contributed by atoms with van der Waals surface area (Å²) in [7, 11) is 5.30. The smallest absolute Gasteiger partial charge is 0.366 e. The van der Waals surface area contributed by atoms with Gasteiger partial charge < -0.3 is 31.1 Å². The zero-order valence-corrected chi connectivity index (χ0v) is 23.9. The Bertz CT molecular complexity index is 1270. The highest BCUT2D eigenvalue weighted by molar-refractivity contribution is 5.94. The summed E-state index contributed by atoms with van der Waals surface area (Å²) in [6.45, 7) is 1.65. The van der Waals surface area contributed by atoms with Crippen molar-refractivity contribution in [1.82, 2.24) is 30.4 Å². The van der Waals surface area contributed by atoms with Crippen LogP contribution in [0.3, 0.4) is 0 Å². The van der Waals surface area contributed by atoms with Crippen LogP contribution in [-0.4, -0.2) is 90.4 Å². The summed E-state index contributed by atoms with van der Waals surface area (Å²) < 4.78 is 41.5. The molecule has 1 aromatic heterocycles. The summed E-state index contributed by atoms with van der Waals surface area (Å²) >= 11 is 0. The Morgan fingerprint density at radius 3 is 2.40 bits per heavy atom. The van der Waals surface area contributed by atoms with Crippen LogP contribution in [-0.2, 0) is 15.8 Å². The van der Waals surface area contributed by atoms with Gasteiger partial charge in [-0.15, -0.1) is 0 Å². The van der Waals surface area contributed by atoms with E-state index in [4.69, 9.17) is 0 Å². The molecule has 0 bridgehead atoms. The molecule has 1 aliphatic heterocycles. The number of anilines is 3. The van der Waals surface area contributed by atoms with Gasteiger partial charge in [-0.3, -0.25) is 14.4 Å². The number of carbonyl (C=O) groups is 3. The summed E-state index contributed by atoms with van der Waals surface area (Å²) in [4.78, 5) is 49.1. The first-order chi connectivity index (χ1) is 20.0. The molecule has 1 aromatic carbocycles. The van der Waals surface area contributed by atoms with Crippen LogP contribution in [0, 0.1) is 5.92 Å². The molecule has 0 unspecified atom stereocenters. The molecule has 1 saturated heterocycles. The monoisotopic (exact) mass is 590 g/mol. The summed E-state index contributed by atoms with van der Waals surface area (Å²) in [6.07, 6.45) is -0.660. The number of piperidine rings is 1. The molecule has 1 saturated carbocycles. The van der Waals surface area contributed by atoms with Crippen molar-refractivity contribution in [3.05, 3.63) is 41.6 Å². The summed E-state index contributed by atoms with van der Waals surface area (Å²) in [5.74, 6) is -2.03. The average Bonchev–Trinajstić information content (AvgIpc) is 3.43. The SMILES string of the molecule is CNC(=O)CNC(=O)[C@H]1CCC[C@H]1Nc1nc(Nc2ccc(C(=O)N(C)C3CCN(C)CC3)cc2)ncc1C(F)(F)F. The molecule has 4 rings (SSSR count). The lowest BCUT2D eigenvalue weighted by Gasteiger charge is -2.35. The van der Waals surface area contributed by atoms with Crippen molar-refractivity contribution < 1.29 is 27.6 Å². The van der Waals surface area contributed by atoms with Gasteiger partial charge in [-0.05, 0) is 70.1 Å². The van der Waals surface area contributed by atoms with E-state index in [9.17, 15) is 27.6 Å². The highest BCUT2D eigenvalue weighted by Gasteiger charge is 2.39. The highest BCUT2D eigenvalue weighted by Crippen LogP contribution is 2.36. The van der Waals surface area contributed by atoms with Crippen molar-refractivity contribution in [3.63, 3.8) is 0 Å². The van der Waals surface area contributed by atoms with E-state index in [0.29, 0.717) is 36.7 Å². The number of nitrogens with zero attached hydrogens (tertiary/aromatic N) is 4. The van der Waals surface area contributed by atoms with E-state index in [-0.39, 0.29) is 30.3 Å². The molecule has 42 heavy (non-hydrogen) atoms. The molecule has 14 heteroatoms. The van der Waals surface area contributed by atoms with Gasteiger partial charge in [-0.1, -0.05) is 6.42 Å². The van der Waals surface area contributed by atoms with Gasteiger partial charge in [0.25, 0.3) is 5.91 Å². The Kier molecular flexibility index (Phi) is 9.86. The second-order valence-electron chi connectivity index (χ2n) is 10.8. The number of aromatic nitrogens is 2. The Hall–Kier alpha value is -3.94. The fraction of sp³-hybridized carbons (Fsp3) is 0.536. The molecule has 0 radical (unpaired) electrons. The molecule has 2 heterocycles. The number of likely N-dealkylation sites (N-methyl/N-ethyl adjacent to an activating group) is 1. The van der Waals surface area contributed by atoms with Gasteiger partial charge in [0.1, 0.15) is 11.4 Å². The number of alkyl halides is 3. The summed E-state index contributed by atoms with van der Waals surface area (Å²) in [6, 6.07) is 6.16. The van der Waals surface area contributed by atoms with E-state index >= 15 is 0 Å². The molecular formula is C28H37F3N8O3. The zero-order valence-electron chi connectivity index (χ0n) is 23.9. The van der Waals surface area contributed by atoms with Gasteiger partial charge in [0.15, 0.2) is 0 Å². The number of benzene rings is 1. The molecule has 2 atom stereocenters. The Labute approximate surface area is 242 Å². The number of likely N-dealkylation sites (tertiary alicyclic amines) is 1. The number of rotatable bonds is 9. The van der Waals surface area contributed by atoms with Crippen LogP contribution in [0.25, 0.3) is 0 Å². The minimum absolute atomic E-state index is 0.0772. The number of nitrogens with one attached hydrogen (secondary N) is 4. The van der Waals surface area contributed by atoms with Gasteiger partial charge in [0.05, 0.1) is 12.5 Å². The fourth-order valence-corrected chi connectivity index (χ4v) is 5.35. The lowest BCUT2D eigenvalue weighted by Crippen LogP contribution is -2.44. The van der Waals surface area contributed by atoms with Crippen molar-refractivity contribution in [3.8, 4) is 0 Å². The van der Waals surface area contributed by atoms with Gasteiger partial charge >= 0.3 is 6.18 Å². The Balaban J connectivity index is 1.45. The second-order valence-corrected chi connectivity index (χ2v) is 10.8. The van der Waals surface area contributed by atoms with E-state index in [1.165, 1.54) is 7.05 Å². The number of carbonyl (C=O) groups excluding carboxylic acids is 3. The zero-order chi connectivity index (χ0) is 30.4. The average molecular weight is 591 g/mol. The topological polar surface area (TPSA) is 132 Å². The van der Waals surface area contributed by atoms with Gasteiger partial charge in [0, 0.05) is 43.6 Å². The maximum absolute atomic E-state index is 13.8. The van der Waals surface area contributed by atoms with Crippen LogP contribution >= 0.6 is 0 Å². The van der Waals surface area contributed by atoms with Crippen LogP contribution in [0.15, 0.2) is 30.5 Å². The molecular weight excluding hydrogens is 553 g/mol. The normalized spacial score (nSPS) is 19.7. The molecule has 2 fully saturated rings. The number of hydrogen-bond donors (Lipinski definition) is 4. The largest absolute Gasteiger partial charge is 0.421 e. The van der Waals surface area contributed by atoms with Crippen molar-refractivity contribution in [2.24, 2.45) is 5.92 Å². The van der Waals surface area contributed by atoms with Crippen LogP contribution in [0.4, 0.5) is 30.6 Å². The summed E-state index contributed by atoms with van der Waals surface area (Å²) in [5, 5.41) is 10.7. The van der Waals surface area contributed by atoms with Crippen molar-refractivity contribution >= 4 is 35.2 Å². The molecule has 228 valence electrons. The van der Waals surface area contributed by atoms with Crippen LogP contribution < -0.4 is 21.3 Å². The minimum Gasteiger partial charge on any atom is -0.366 e. The first-order valence-corrected chi connectivity index (χ1v) is 14.0. The van der Waals surface area contributed by atoms with E-state index in [1.807, 2.05) is 0 Å². The molecule has 2 aromatic rings. The number of amides is 3. The third-order valence-electron chi connectivity index (χ3n) is 7.92. The third-order valence-corrected chi connectivity index (χ3v) is 7.92. The minimum atomic E-state index is -4.72. The van der Waals surface area contributed by atoms with E-state index in [1.54, 1.807) is 36.2 Å². The van der Waals surface area contributed by atoms with Crippen molar-refractivity contribution in [2.75, 3.05) is 51.4 Å². The highest BCUT2D eigenvalue weighted by atomic mass is 19.4. The lowest BCUT2D eigenvalue weighted by molar-refractivity contribution is -0.137. The molecule has 1 aliphatic carbocycles. The van der Waals surface area contributed by atoms with Crippen LogP contribution in [0.1, 0.15) is 48.0 Å². The van der Waals surface area contributed by atoms with Gasteiger partial charge in [-0.2, -0.15) is 18.2 Å². The number of halogens is 3. The molecule has 11 nitrogen and oxygen atoms in total. The van der Waals surface area contributed by atoms with Crippen molar-refractivity contribution in [1.29, 1.82) is 0 Å². The van der Waals surface area contributed by atoms with E-state index in [2.05, 4.69) is 43.2 Å². The number of hydrogen-bond acceptors (Lipinski definition) is 8. The predicted octanol–water partition coefficient (Wildman–Crippen LogP) is 2.85. The van der Waals surface area contributed by atoms with Crippen LogP contribution in [0.5, 0.6) is 0 Å². The maximum Gasteiger partial charge on any atom is 0.421 e. The molecule has 0 spiro atoms. The van der Waals surface area contributed by atoms with Crippen molar-refractivity contribution in [2.45, 2.75) is 50.4 Å². The first-order valence-electron chi connectivity index (χ1n) is 14.0. The van der Waals surface area contributed by atoms with Crippen LogP contribution in [0.2, 0.25) is 0 Å². The standard InChI is InChI=1S/C28H37F3N8O3/c1-32-23(40)16-33-25(41)20-5-4-6-22(20)36-24-21(28(29,30)31)15-34-27(37-24)35-18-9-7-17(8-10-18)26(42)39(3)19-11-13-38(2)14-12-19/h7-10,15,19-20,22H,4-6,11-14,16H2,1-3H3,(H,32,40)(H,33,41)(H2,34,35,36,37)/t20-,22+/m0/s1. The molecule has 2 aliphatic rings. The van der Waals surface area contributed by atoms with Gasteiger partial charge in [0.2, 0.25) is 17.8 Å². The third kappa shape index (κ3) is 7.66. The quantitative estimate of drug-likeness (QED) is 0.351. The first kappa shape index (κ1) is 31.0. The maximum atomic E-state index is 13.8. The predicted molar refractivity (Wildman–Crippen MR) is 151 cm³/mol. The lowest BCUT2D eigenvalue weighted by atomic mass is 10.0. The second kappa shape index (κ2) is 13.4. The molecule has 3 amide bonds. The molecule has 4 N–H and O–H groups in total. The van der Waals surface area contributed by atoms with E-state index < -0.39 is 35.4 Å². The Morgan fingerprint density at radius 2 is 1.76 bits per heavy atom. The van der Waals surface area contributed by atoms with Gasteiger partial charge in [-0.25, -0.2) is 4.98 Å². The summed E-state index contributed by atoms with van der Waals surface area (Å²) in [5.41, 5.74) is -0.0616.